The van der Waals surface area contributed by atoms with E-state index in [-0.39, 0.29) is 18.3 Å². The van der Waals surface area contributed by atoms with Gasteiger partial charge in [-0.2, -0.15) is 0 Å². The molecule has 0 spiro atoms. The highest BCUT2D eigenvalue weighted by molar-refractivity contribution is 14.1. The Morgan fingerprint density at radius 1 is 1.31 bits per heavy atom. The van der Waals surface area contributed by atoms with Crippen molar-refractivity contribution in [3.8, 4) is 0 Å². The Bertz CT molecular complexity index is 398. The average Bonchev–Trinajstić information content (AvgIpc) is 2.97. The Hall–Kier alpha value is 0.290. The number of amides is 1. The quantitative estimate of drug-likeness (QED) is 0.600. The van der Waals surface area contributed by atoms with E-state index in [2.05, 4.69) is 27.9 Å². The molecule has 0 aromatic heterocycles. The monoisotopic (exact) mass is 391 g/mol. The fraction of sp³-hybridized carbons (Fsp3) is 0.300. The van der Waals surface area contributed by atoms with Crippen LogP contribution in [0, 0.1) is 3.57 Å². The number of hydrogen-bond donors (Lipinski definition) is 1. The van der Waals surface area contributed by atoms with Gasteiger partial charge < -0.3 is 5.32 Å². The van der Waals surface area contributed by atoms with E-state index in [9.17, 15) is 4.79 Å². The van der Waals surface area contributed by atoms with Crippen molar-refractivity contribution in [2.24, 2.45) is 0 Å². The van der Waals surface area contributed by atoms with Crippen molar-refractivity contribution < 1.29 is 4.79 Å². The van der Waals surface area contributed by atoms with Crippen LogP contribution in [0.5, 0.6) is 0 Å². The van der Waals surface area contributed by atoms with Crippen LogP contribution in [0.2, 0.25) is 10.0 Å². The fourth-order valence-electron chi connectivity index (χ4n) is 1.18. The SMILES string of the molecule is Cl.O=C(NC1CC1)c1cc(Cl)c(I)c(Cl)c1. The van der Waals surface area contributed by atoms with E-state index in [1.807, 2.05) is 0 Å². The third kappa shape index (κ3) is 3.39. The maximum atomic E-state index is 11.7. The second-order valence-electron chi connectivity index (χ2n) is 3.50. The summed E-state index contributed by atoms with van der Waals surface area (Å²) in [5.41, 5.74) is 0.525. The number of hydrogen-bond acceptors (Lipinski definition) is 1. The Labute approximate surface area is 124 Å². The van der Waals surface area contributed by atoms with Gasteiger partial charge in [0.25, 0.3) is 5.91 Å². The van der Waals surface area contributed by atoms with E-state index in [0.29, 0.717) is 21.7 Å². The third-order valence-corrected chi connectivity index (χ3v) is 4.55. The normalized spacial score (nSPS) is 14.2. The molecule has 1 aromatic carbocycles. The molecule has 0 aliphatic heterocycles. The van der Waals surface area contributed by atoms with Gasteiger partial charge in [0.1, 0.15) is 0 Å². The summed E-state index contributed by atoms with van der Waals surface area (Å²) in [6.45, 7) is 0. The number of rotatable bonds is 2. The Balaban J connectivity index is 0.00000128. The third-order valence-electron chi connectivity index (χ3n) is 2.16. The lowest BCUT2D eigenvalue weighted by Crippen LogP contribution is -2.25. The lowest BCUT2D eigenvalue weighted by Gasteiger charge is -2.06. The van der Waals surface area contributed by atoms with Crippen LogP contribution in [0.15, 0.2) is 12.1 Å². The van der Waals surface area contributed by atoms with Crippen molar-refractivity contribution in [3.63, 3.8) is 0 Å². The van der Waals surface area contributed by atoms with Crippen molar-refractivity contribution in [2.45, 2.75) is 18.9 Å². The van der Waals surface area contributed by atoms with Gasteiger partial charge in [-0.15, -0.1) is 12.4 Å². The summed E-state index contributed by atoms with van der Waals surface area (Å²) in [5.74, 6) is -0.0994. The first-order chi connectivity index (χ1) is 7.08. The summed E-state index contributed by atoms with van der Waals surface area (Å²) in [6, 6.07) is 3.63. The van der Waals surface area contributed by atoms with Gasteiger partial charge >= 0.3 is 0 Å². The Kier molecular flexibility index (Phi) is 5.16. The molecule has 88 valence electrons. The van der Waals surface area contributed by atoms with Crippen LogP contribution in [0.3, 0.4) is 0 Å². The summed E-state index contributed by atoms with van der Waals surface area (Å²) in [6.07, 6.45) is 2.13. The highest BCUT2D eigenvalue weighted by Gasteiger charge is 2.24. The van der Waals surface area contributed by atoms with Gasteiger partial charge in [-0.3, -0.25) is 4.79 Å². The largest absolute Gasteiger partial charge is 0.349 e. The maximum absolute atomic E-state index is 11.7. The number of carbonyl (C=O) groups excluding carboxylic acids is 1. The summed E-state index contributed by atoms with van der Waals surface area (Å²) >= 11 is 13.9. The molecule has 0 saturated heterocycles. The van der Waals surface area contributed by atoms with E-state index in [0.717, 1.165) is 16.4 Å². The Morgan fingerprint density at radius 2 is 1.81 bits per heavy atom. The summed E-state index contributed by atoms with van der Waals surface area (Å²) in [5, 5.41) is 3.92. The molecule has 0 heterocycles. The predicted molar refractivity (Wildman–Crippen MR) is 76.9 cm³/mol. The molecular weight excluding hydrogens is 383 g/mol. The lowest BCUT2D eigenvalue weighted by atomic mass is 10.2. The van der Waals surface area contributed by atoms with Crippen molar-refractivity contribution >= 4 is 64.1 Å². The molecule has 1 fully saturated rings. The van der Waals surface area contributed by atoms with Gasteiger partial charge in [-0.1, -0.05) is 23.2 Å². The van der Waals surface area contributed by atoms with Crippen LogP contribution in [0.1, 0.15) is 23.2 Å². The van der Waals surface area contributed by atoms with Crippen LogP contribution in [-0.4, -0.2) is 11.9 Å². The summed E-state index contributed by atoms with van der Waals surface area (Å²) in [7, 11) is 0. The van der Waals surface area contributed by atoms with Gasteiger partial charge in [0.15, 0.2) is 0 Å². The zero-order valence-corrected chi connectivity index (χ0v) is 12.6. The molecule has 1 N–H and O–H groups in total. The predicted octanol–water partition coefficient (Wildman–Crippen LogP) is 3.91. The second-order valence-corrected chi connectivity index (χ2v) is 5.39. The molecule has 0 atom stereocenters. The molecule has 1 saturated carbocycles. The molecule has 2 nitrogen and oxygen atoms in total. The summed E-state index contributed by atoms with van der Waals surface area (Å²) in [4.78, 5) is 11.7. The van der Waals surface area contributed by atoms with E-state index < -0.39 is 0 Å². The zero-order chi connectivity index (χ0) is 11.0. The van der Waals surface area contributed by atoms with Gasteiger partial charge in [-0.05, 0) is 47.6 Å². The fourth-order valence-corrected chi connectivity index (χ4v) is 1.98. The molecule has 0 radical (unpaired) electrons. The first-order valence-electron chi connectivity index (χ1n) is 4.53. The number of nitrogens with one attached hydrogen (secondary N) is 1. The molecular formula is C10H9Cl3INO. The van der Waals surface area contributed by atoms with Crippen molar-refractivity contribution in [1.82, 2.24) is 5.32 Å². The van der Waals surface area contributed by atoms with Crippen molar-refractivity contribution in [2.75, 3.05) is 0 Å². The molecule has 0 unspecified atom stereocenters. The van der Waals surface area contributed by atoms with Crippen LogP contribution >= 0.6 is 58.2 Å². The first-order valence-corrected chi connectivity index (χ1v) is 6.37. The van der Waals surface area contributed by atoms with E-state index in [4.69, 9.17) is 23.2 Å². The minimum Gasteiger partial charge on any atom is -0.349 e. The highest BCUT2D eigenvalue weighted by atomic mass is 127. The van der Waals surface area contributed by atoms with Crippen LogP contribution < -0.4 is 5.32 Å². The lowest BCUT2D eigenvalue weighted by molar-refractivity contribution is 0.0951. The molecule has 1 aliphatic carbocycles. The van der Waals surface area contributed by atoms with Gasteiger partial charge in [0, 0.05) is 11.6 Å². The molecule has 1 amide bonds. The van der Waals surface area contributed by atoms with E-state index >= 15 is 0 Å². The van der Waals surface area contributed by atoms with Crippen LogP contribution in [0.25, 0.3) is 0 Å². The highest BCUT2D eigenvalue weighted by Crippen LogP contribution is 2.28. The number of benzene rings is 1. The Morgan fingerprint density at radius 3 is 2.25 bits per heavy atom. The smallest absolute Gasteiger partial charge is 0.251 e. The minimum atomic E-state index is -0.0994. The zero-order valence-electron chi connectivity index (χ0n) is 8.10. The molecule has 2 rings (SSSR count). The molecule has 1 aliphatic rings. The maximum Gasteiger partial charge on any atom is 0.251 e. The molecule has 0 bridgehead atoms. The second kappa shape index (κ2) is 5.76. The topological polar surface area (TPSA) is 29.1 Å². The van der Waals surface area contributed by atoms with E-state index in [1.165, 1.54) is 0 Å². The van der Waals surface area contributed by atoms with Gasteiger partial charge in [-0.25, -0.2) is 0 Å². The molecule has 6 heteroatoms. The van der Waals surface area contributed by atoms with Gasteiger partial charge in [0.2, 0.25) is 0 Å². The van der Waals surface area contributed by atoms with Crippen LogP contribution in [-0.2, 0) is 0 Å². The van der Waals surface area contributed by atoms with Crippen LogP contribution in [0.4, 0.5) is 0 Å². The molecule has 1 aromatic rings. The standard InChI is InChI=1S/C10H8Cl2INO.ClH/c11-7-3-5(4-8(12)9(7)13)10(15)14-6-1-2-6;/h3-4,6H,1-2H2,(H,14,15);1H. The van der Waals surface area contributed by atoms with E-state index in [1.54, 1.807) is 12.1 Å². The number of halogens is 4. The van der Waals surface area contributed by atoms with Crippen molar-refractivity contribution in [1.29, 1.82) is 0 Å². The van der Waals surface area contributed by atoms with Gasteiger partial charge in [0.05, 0.1) is 13.6 Å². The number of carbonyl (C=O) groups is 1. The molecule has 16 heavy (non-hydrogen) atoms. The first kappa shape index (κ1) is 14.4. The average molecular weight is 392 g/mol. The van der Waals surface area contributed by atoms with Crippen molar-refractivity contribution in [3.05, 3.63) is 31.3 Å². The minimum absolute atomic E-state index is 0. The summed E-state index contributed by atoms with van der Waals surface area (Å²) < 4.78 is 0.777.